The fourth-order valence-electron chi connectivity index (χ4n) is 2.03. The van der Waals surface area contributed by atoms with E-state index in [9.17, 15) is 5.21 Å². The van der Waals surface area contributed by atoms with Gasteiger partial charge in [0.15, 0.2) is 0 Å². The van der Waals surface area contributed by atoms with Crippen LogP contribution in [0.5, 0.6) is 0 Å². The van der Waals surface area contributed by atoms with Crippen molar-refractivity contribution in [1.82, 2.24) is 5.06 Å². The summed E-state index contributed by atoms with van der Waals surface area (Å²) in [4.78, 5) is 0. The Balaban J connectivity index is 2.08. The fourth-order valence-corrected chi connectivity index (χ4v) is 2.03. The van der Waals surface area contributed by atoms with Crippen molar-refractivity contribution >= 4 is 0 Å². The zero-order valence-electron chi connectivity index (χ0n) is 5.69. The summed E-state index contributed by atoms with van der Waals surface area (Å²) in [6, 6.07) is 0.244. The van der Waals surface area contributed by atoms with Crippen molar-refractivity contribution in [2.24, 2.45) is 0 Å². The maximum Gasteiger partial charge on any atom is 0.116 e. The van der Waals surface area contributed by atoms with Gasteiger partial charge in [0.2, 0.25) is 0 Å². The minimum absolute atomic E-state index is 0.00347. The van der Waals surface area contributed by atoms with Crippen molar-refractivity contribution in [2.45, 2.75) is 37.5 Å². The van der Waals surface area contributed by atoms with Gasteiger partial charge in [0, 0.05) is 6.04 Å². The summed E-state index contributed by atoms with van der Waals surface area (Å²) in [7, 11) is 5.02. The average Bonchev–Trinajstić information content (AvgIpc) is 2.46. The van der Waals surface area contributed by atoms with Gasteiger partial charge in [0.1, 0.15) is 7.11 Å². The molecule has 0 N–H and O–H groups in total. The van der Waals surface area contributed by atoms with Crippen LogP contribution >= 0.6 is 0 Å². The first-order chi connectivity index (χ1) is 4.83. The highest BCUT2D eigenvalue weighted by atomic mass is 16.5. The highest BCUT2D eigenvalue weighted by molar-refractivity contribution is 4.97. The second-order valence-electron chi connectivity index (χ2n) is 3.07. The third-order valence-electron chi connectivity index (χ3n) is 2.59. The normalized spacial score (nSPS) is 46.8. The van der Waals surface area contributed by atoms with Gasteiger partial charge < -0.3 is 4.74 Å². The van der Waals surface area contributed by atoms with Crippen molar-refractivity contribution in [3.8, 4) is 0 Å². The Hall–Kier alpha value is -0.120. The molecule has 0 spiro atoms. The highest BCUT2D eigenvalue weighted by Gasteiger charge is 2.47. The number of hydrogen-bond acceptors (Lipinski definition) is 2. The van der Waals surface area contributed by atoms with Gasteiger partial charge >= 0.3 is 0 Å². The third kappa shape index (κ3) is 0.713. The van der Waals surface area contributed by atoms with E-state index >= 15 is 0 Å². The van der Waals surface area contributed by atoms with Crippen molar-refractivity contribution in [3.05, 3.63) is 7.11 Å². The van der Waals surface area contributed by atoms with Gasteiger partial charge in [-0.15, -0.1) is 10.3 Å². The zero-order valence-corrected chi connectivity index (χ0v) is 5.69. The molecule has 3 nitrogen and oxygen atoms in total. The SMILES string of the molecule is [CH]OC1CC2CCC1N2[O]. The Morgan fingerprint density at radius 3 is 2.60 bits per heavy atom. The molecule has 0 aromatic heterocycles. The second kappa shape index (κ2) is 2.19. The summed E-state index contributed by atoms with van der Waals surface area (Å²) >= 11 is 0. The minimum atomic E-state index is -0.00347. The van der Waals surface area contributed by atoms with E-state index in [1.54, 1.807) is 0 Å². The van der Waals surface area contributed by atoms with Crippen LogP contribution in [0.25, 0.3) is 0 Å². The maximum absolute atomic E-state index is 11.1. The number of nitrogens with zero attached hydrogens (tertiary/aromatic N) is 1. The molecule has 3 radical (unpaired) electrons. The van der Waals surface area contributed by atoms with Crippen LogP contribution in [0.1, 0.15) is 19.3 Å². The summed E-state index contributed by atoms with van der Waals surface area (Å²) in [5.74, 6) is 0. The number of rotatable bonds is 1. The highest BCUT2D eigenvalue weighted by Crippen LogP contribution is 2.37. The lowest BCUT2D eigenvalue weighted by Gasteiger charge is -2.16. The number of hydroxylamine groups is 2. The van der Waals surface area contributed by atoms with Crippen LogP contribution < -0.4 is 0 Å². The van der Waals surface area contributed by atoms with Gasteiger partial charge in [-0.3, -0.25) is 0 Å². The number of hydrogen-bond donors (Lipinski definition) is 0. The van der Waals surface area contributed by atoms with Crippen LogP contribution in [0, 0.1) is 7.11 Å². The van der Waals surface area contributed by atoms with Gasteiger partial charge in [0.05, 0.1) is 12.1 Å². The molecule has 3 atom stereocenters. The molecule has 2 fully saturated rings. The summed E-state index contributed by atoms with van der Waals surface area (Å²) in [6.07, 6.45) is 2.80. The van der Waals surface area contributed by atoms with E-state index in [4.69, 9.17) is 7.11 Å². The van der Waals surface area contributed by atoms with E-state index in [-0.39, 0.29) is 18.2 Å². The molecular weight excluding hydrogens is 130 g/mol. The summed E-state index contributed by atoms with van der Waals surface area (Å²) in [5.41, 5.74) is 0. The van der Waals surface area contributed by atoms with Gasteiger partial charge in [-0.1, -0.05) is 0 Å². The van der Waals surface area contributed by atoms with Gasteiger partial charge in [-0.2, -0.15) is 0 Å². The van der Waals surface area contributed by atoms with E-state index in [1.165, 1.54) is 0 Å². The molecule has 2 aliphatic heterocycles. The predicted octanol–water partition coefficient (Wildman–Crippen LogP) is 0.622. The Labute approximate surface area is 60.5 Å². The molecule has 0 aliphatic carbocycles. The maximum atomic E-state index is 11.1. The van der Waals surface area contributed by atoms with E-state index in [1.807, 2.05) is 0 Å². The molecular formula is C7H10NO2. The molecule has 0 saturated carbocycles. The molecule has 2 rings (SSSR count). The lowest BCUT2D eigenvalue weighted by molar-refractivity contribution is -0.179. The first kappa shape index (κ1) is 6.58. The van der Waals surface area contributed by atoms with Crippen molar-refractivity contribution < 1.29 is 9.94 Å². The molecule has 2 aliphatic rings. The van der Waals surface area contributed by atoms with Gasteiger partial charge in [-0.25, -0.2) is 0 Å². The largest absolute Gasteiger partial charge is 0.368 e. The van der Waals surface area contributed by atoms with E-state index in [0.717, 1.165) is 24.3 Å². The zero-order chi connectivity index (χ0) is 7.14. The summed E-state index contributed by atoms with van der Waals surface area (Å²) in [6.45, 7) is 0. The standard InChI is InChI=1S/C7H10NO2/c1-10-7-4-5-2-3-6(7)8(5)9/h1,5-7H,2-4H2. The molecule has 2 heterocycles. The first-order valence-corrected chi connectivity index (χ1v) is 3.64. The van der Waals surface area contributed by atoms with Crippen LogP contribution in [-0.4, -0.2) is 23.3 Å². The topological polar surface area (TPSA) is 32.4 Å². The quantitative estimate of drug-likeness (QED) is 0.535. The third-order valence-corrected chi connectivity index (χ3v) is 2.59. The lowest BCUT2D eigenvalue weighted by Crippen LogP contribution is -2.29. The van der Waals surface area contributed by atoms with Crippen LogP contribution in [0.3, 0.4) is 0 Å². The Kier molecular flexibility index (Phi) is 1.44. The summed E-state index contributed by atoms with van der Waals surface area (Å²) < 4.78 is 4.67. The monoisotopic (exact) mass is 140 g/mol. The first-order valence-electron chi connectivity index (χ1n) is 3.64. The molecule has 3 unspecified atom stereocenters. The molecule has 0 aromatic rings. The van der Waals surface area contributed by atoms with E-state index in [0.29, 0.717) is 0 Å². The Morgan fingerprint density at radius 2 is 2.30 bits per heavy atom. The molecule has 0 amide bonds. The molecule has 10 heavy (non-hydrogen) atoms. The van der Waals surface area contributed by atoms with Gasteiger partial charge in [0.25, 0.3) is 0 Å². The van der Waals surface area contributed by atoms with E-state index < -0.39 is 0 Å². The van der Waals surface area contributed by atoms with Crippen molar-refractivity contribution in [1.29, 1.82) is 0 Å². The average molecular weight is 140 g/mol. The Morgan fingerprint density at radius 1 is 1.50 bits per heavy atom. The molecule has 3 heteroatoms. The minimum Gasteiger partial charge on any atom is -0.368 e. The van der Waals surface area contributed by atoms with Crippen molar-refractivity contribution in [3.63, 3.8) is 0 Å². The second-order valence-corrected chi connectivity index (χ2v) is 3.07. The van der Waals surface area contributed by atoms with Crippen LogP contribution in [0.2, 0.25) is 0 Å². The molecule has 55 valence electrons. The predicted molar refractivity (Wildman–Crippen MR) is 33.1 cm³/mol. The molecule has 2 saturated heterocycles. The van der Waals surface area contributed by atoms with Crippen LogP contribution in [-0.2, 0) is 9.94 Å². The fraction of sp³-hybridized carbons (Fsp3) is 0.857. The van der Waals surface area contributed by atoms with E-state index in [2.05, 4.69) is 4.74 Å². The molecule has 2 bridgehead atoms. The molecule has 0 aromatic carbocycles. The number of fused-ring (bicyclic) bond motifs is 2. The van der Waals surface area contributed by atoms with Crippen molar-refractivity contribution in [2.75, 3.05) is 0 Å². The van der Waals surface area contributed by atoms with Crippen LogP contribution in [0.4, 0.5) is 0 Å². The summed E-state index contributed by atoms with van der Waals surface area (Å²) in [5, 5.41) is 12.3. The smallest absolute Gasteiger partial charge is 0.116 e. The Bertz CT molecular complexity index is 140. The van der Waals surface area contributed by atoms with Crippen LogP contribution in [0.15, 0.2) is 0 Å². The van der Waals surface area contributed by atoms with Gasteiger partial charge in [-0.05, 0) is 19.3 Å². The lowest BCUT2D eigenvalue weighted by atomic mass is 9.98. The number of ether oxygens (including phenoxy) is 1.